The molecule has 0 bridgehead atoms. The molecule has 6 nitrogen and oxygen atoms in total. The number of aromatic nitrogens is 3. The molecule has 7 heteroatoms. The van der Waals surface area contributed by atoms with Crippen LogP contribution in [-0.4, -0.2) is 21.8 Å². The third kappa shape index (κ3) is 3.34. The summed E-state index contributed by atoms with van der Waals surface area (Å²) in [6, 6.07) is 2.80. The maximum atomic E-state index is 13.6. The average Bonchev–Trinajstić information content (AvgIpc) is 2.90. The lowest BCUT2D eigenvalue weighted by atomic mass is 10.2. The number of H-pyrrole nitrogens is 1. The number of nitrogens with zero attached hydrogens (tertiary/aromatic N) is 2. The Kier molecular flexibility index (Phi) is 4.17. The molecule has 0 amide bonds. The van der Waals surface area contributed by atoms with Crippen molar-refractivity contribution in [2.75, 3.05) is 17.7 Å². The van der Waals surface area contributed by atoms with Gasteiger partial charge < -0.3 is 15.8 Å². The van der Waals surface area contributed by atoms with E-state index in [4.69, 9.17) is 10.5 Å². The van der Waals surface area contributed by atoms with Crippen LogP contribution in [0.2, 0.25) is 0 Å². The van der Waals surface area contributed by atoms with Crippen molar-refractivity contribution >= 4 is 11.4 Å². The molecule has 1 aromatic heterocycles. The lowest BCUT2D eigenvalue weighted by Crippen LogP contribution is -2.06. The second-order valence-electron chi connectivity index (χ2n) is 4.00. The van der Waals surface area contributed by atoms with Gasteiger partial charge in [0, 0.05) is 12.1 Å². The van der Waals surface area contributed by atoms with Crippen molar-refractivity contribution in [2.24, 2.45) is 0 Å². The van der Waals surface area contributed by atoms with E-state index in [1.54, 1.807) is 6.07 Å². The van der Waals surface area contributed by atoms with Crippen LogP contribution < -0.4 is 15.8 Å². The van der Waals surface area contributed by atoms with Crippen molar-refractivity contribution in [1.29, 1.82) is 0 Å². The highest BCUT2D eigenvalue weighted by Crippen LogP contribution is 2.28. The van der Waals surface area contributed by atoms with Gasteiger partial charge in [-0.05, 0) is 6.42 Å². The van der Waals surface area contributed by atoms with Crippen molar-refractivity contribution < 1.29 is 9.13 Å². The van der Waals surface area contributed by atoms with Gasteiger partial charge in [0.25, 0.3) is 0 Å². The SMILES string of the molecule is CCCOc1cc(NCc2ncn[nH]2)c(N)cc1F. The Hall–Kier alpha value is -2.31. The van der Waals surface area contributed by atoms with Crippen LogP contribution in [-0.2, 0) is 6.54 Å². The lowest BCUT2D eigenvalue weighted by molar-refractivity contribution is 0.301. The standard InChI is InChI=1S/C12H16FN5O/c1-2-3-19-11-5-10(9(14)4-8(11)13)15-6-12-16-7-17-18-12/h4-5,7,15H,2-3,6,14H2,1H3,(H,16,17,18). The average molecular weight is 265 g/mol. The van der Waals surface area contributed by atoms with E-state index in [1.807, 2.05) is 6.92 Å². The van der Waals surface area contributed by atoms with Gasteiger partial charge in [0.05, 0.1) is 24.5 Å². The Morgan fingerprint density at radius 2 is 2.32 bits per heavy atom. The maximum Gasteiger partial charge on any atom is 0.167 e. The van der Waals surface area contributed by atoms with E-state index in [2.05, 4.69) is 20.5 Å². The Morgan fingerprint density at radius 3 is 3.00 bits per heavy atom. The minimum absolute atomic E-state index is 0.191. The van der Waals surface area contributed by atoms with E-state index in [0.29, 0.717) is 30.4 Å². The highest BCUT2D eigenvalue weighted by atomic mass is 19.1. The molecule has 1 aromatic carbocycles. The van der Waals surface area contributed by atoms with E-state index in [0.717, 1.165) is 6.42 Å². The van der Waals surface area contributed by atoms with Crippen molar-refractivity contribution in [1.82, 2.24) is 15.2 Å². The van der Waals surface area contributed by atoms with Gasteiger partial charge in [0.2, 0.25) is 0 Å². The predicted octanol–water partition coefficient (Wildman–Crippen LogP) is 1.93. The van der Waals surface area contributed by atoms with E-state index in [9.17, 15) is 4.39 Å². The van der Waals surface area contributed by atoms with Crippen LogP contribution in [0.15, 0.2) is 18.5 Å². The fraction of sp³-hybridized carbons (Fsp3) is 0.333. The first kappa shape index (κ1) is 13.1. The summed E-state index contributed by atoms with van der Waals surface area (Å²) in [4.78, 5) is 3.98. The summed E-state index contributed by atoms with van der Waals surface area (Å²) in [6.07, 6.45) is 2.23. The quantitative estimate of drug-likeness (QED) is 0.694. The van der Waals surface area contributed by atoms with Crippen LogP contribution in [0.25, 0.3) is 0 Å². The van der Waals surface area contributed by atoms with E-state index < -0.39 is 5.82 Å². The fourth-order valence-electron chi connectivity index (χ4n) is 1.54. The lowest BCUT2D eigenvalue weighted by Gasteiger charge is -2.12. The molecule has 2 aromatic rings. The van der Waals surface area contributed by atoms with Crippen molar-refractivity contribution in [3.63, 3.8) is 0 Å². The summed E-state index contributed by atoms with van der Waals surface area (Å²) in [5.74, 6) is 0.395. The molecule has 0 saturated carbocycles. The van der Waals surface area contributed by atoms with Crippen LogP contribution in [0.5, 0.6) is 5.75 Å². The van der Waals surface area contributed by atoms with Crippen molar-refractivity contribution in [3.8, 4) is 5.75 Å². The predicted molar refractivity (Wildman–Crippen MR) is 70.3 cm³/mol. The first-order valence-corrected chi connectivity index (χ1v) is 6.00. The smallest absolute Gasteiger partial charge is 0.167 e. The molecule has 1 heterocycles. The number of nitrogens with one attached hydrogen (secondary N) is 2. The molecule has 0 unspecified atom stereocenters. The highest BCUT2D eigenvalue weighted by Gasteiger charge is 2.09. The van der Waals surface area contributed by atoms with Crippen LogP contribution in [0.1, 0.15) is 19.2 Å². The van der Waals surface area contributed by atoms with Gasteiger partial charge in [-0.3, -0.25) is 5.10 Å². The normalized spacial score (nSPS) is 10.4. The zero-order valence-corrected chi connectivity index (χ0v) is 10.6. The molecule has 102 valence electrons. The number of nitrogens with two attached hydrogens (primary N) is 1. The summed E-state index contributed by atoms with van der Waals surface area (Å²) in [6.45, 7) is 2.84. The fourth-order valence-corrected chi connectivity index (χ4v) is 1.54. The summed E-state index contributed by atoms with van der Waals surface area (Å²) < 4.78 is 18.9. The monoisotopic (exact) mass is 265 g/mol. The Balaban J connectivity index is 2.10. The second-order valence-corrected chi connectivity index (χ2v) is 4.00. The number of halogens is 1. The molecule has 0 spiro atoms. The molecule has 0 aliphatic carbocycles. The molecule has 4 N–H and O–H groups in total. The van der Waals surface area contributed by atoms with E-state index in [1.165, 1.54) is 12.4 Å². The number of rotatable bonds is 6. The summed E-state index contributed by atoms with van der Waals surface area (Å²) in [7, 11) is 0. The number of ether oxygens (including phenoxy) is 1. The van der Waals surface area contributed by atoms with Crippen molar-refractivity contribution in [3.05, 3.63) is 30.1 Å². The van der Waals surface area contributed by atoms with Crippen molar-refractivity contribution in [2.45, 2.75) is 19.9 Å². The minimum atomic E-state index is -0.462. The number of benzene rings is 1. The van der Waals surface area contributed by atoms with Gasteiger partial charge in [-0.15, -0.1) is 0 Å². The zero-order chi connectivity index (χ0) is 13.7. The Labute approximate surface area is 110 Å². The molecule has 0 aliphatic rings. The van der Waals surface area contributed by atoms with Gasteiger partial charge in [0.15, 0.2) is 11.6 Å². The number of hydrogen-bond donors (Lipinski definition) is 3. The van der Waals surface area contributed by atoms with Gasteiger partial charge in [-0.1, -0.05) is 6.92 Å². The van der Waals surface area contributed by atoms with Crippen LogP contribution in [0.3, 0.4) is 0 Å². The second kappa shape index (κ2) is 6.03. The molecular weight excluding hydrogens is 249 g/mol. The Morgan fingerprint density at radius 1 is 1.47 bits per heavy atom. The molecule has 0 saturated heterocycles. The summed E-state index contributed by atoms with van der Waals surface area (Å²) in [5.41, 5.74) is 6.68. The van der Waals surface area contributed by atoms with Gasteiger partial charge >= 0.3 is 0 Å². The van der Waals surface area contributed by atoms with Crippen LogP contribution >= 0.6 is 0 Å². The van der Waals surface area contributed by atoms with E-state index in [-0.39, 0.29) is 5.75 Å². The molecule has 2 rings (SSSR count). The number of aromatic amines is 1. The Bertz CT molecular complexity index is 529. The third-order valence-electron chi connectivity index (χ3n) is 2.48. The first-order valence-electron chi connectivity index (χ1n) is 6.00. The number of hydrogen-bond acceptors (Lipinski definition) is 5. The molecule has 0 atom stereocenters. The zero-order valence-electron chi connectivity index (χ0n) is 10.6. The molecular formula is C12H16FN5O. The minimum Gasteiger partial charge on any atom is -0.490 e. The molecule has 19 heavy (non-hydrogen) atoms. The molecule has 0 radical (unpaired) electrons. The summed E-state index contributed by atoms with van der Waals surface area (Å²) >= 11 is 0. The van der Waals surface area contributed by atoms with Gasteiger partial charge in [-0.2, -0.15) is 5.10 Å². The largest absolute Gasteiger partial charge is 0.490 e. The first-order chi connectivity index (χ1) is 9.20. The molecule has 0 fully saturated rings. The highest BCUT2D eigenvalue weighted by molar-refractivity contribution is 5.68. The number of anilines is 2. The summed E-state index contributed by atoms with van der Waals surface area (Å²) in [5, 5.41) is 9.51. The third-order valence-corrected chi connectivity index (χ3v) is 2.48. The van der Waals surface area contributed by atoms with Gasteiger partial charge in [-0.25, -0.2) is 9.37 Å². The maximum absolute atomic E-state index is 13.6. The topological polar surface area (TPSA) is 88.8 Å². The van der Waals surface area contributed by atoms with E-state index >= 15 is 0 Å². The van der Waals surface area contributed by atoms with Crippen LogP contribution in [0, 0.1) is 5.82 Å². The van der Waals surface area contributed by atoms with Crippen LogP contribution in [0.4, 0.5) is 15.8 Å². The number of nitrogen functional groups attached to an aromatic ring is 1. The van der Waals surface area contributed by atoms with Gasteiger partial charge in [0.1, 0.15) is 12.2 Å². The molecule has 0 aliphatic heterocycles.